The number of nitrogens with one attached hydrogen (secondary N) is 1. The fourth-order valence-corrected chi connectivity index (χ4v) is 6.23. The number of hydrogen-bond acceptors (Lipinski definition) is 8. The fraction of sp³-hybridized carbons (Fsp3) is 0.227. The molecule has 1 atom stereocenters. The number of tetrazole rings is 1. The van der Waals surface area contributed by atoms with Crippen LogP contribution in [-0.2, 0) is 18.3 Å². The molecule has 33 heavy (non-hydrogen) atoms. The number of thioether (sulfide) groups is 1. The maximum atomic E-state index is 13.5. The second-order valence-corrected chi connectivity index (χ2v) is 10.4. The van der Waals surface area contributed by atoms with Gasteiger partial charge < -0.3 is 10.2 Å². The molecule has 168 valence electrons. The summed E-state index contributed by atoms with van der Waals surface area (Å²) in [7, 11) is 1.72. The highest BCUT2D eigenvalue weighted by molar-refractivity contribution is 7.99. The number of thiophene rings is 2. The van der Waals surface area contributed by atoms with Crippen LogP contribution in [0.1, 0.15) is 31.7 Å². The molecule has 3 aromatic heterocycles. The lowest BCUT2D eigenvalue weighted by Crippen LogP contribution is -2.39. The highest BCUT2D eigenvalue weighted by Crippen LogP contribution is 2.40. The monoisotopic (exact) mass is 496 g/mol. The maximum Gasteiger partial charge on any atom is 0.254 e. The molecule has 0 bridgehead atoms. The quantitative estimate of drug-likeness (QED) is 0.408. The van der Waals surface area contributed by atoms with Crippen LogP contribution in [-0.4, -0.2) is 49.2 Å². The Morgan fingerprint density at radius 2 is 2.00 bits per heavy atom. The number of anilines is 1. The van der Waals surface area contributed by atoms with Crippen molar-refractivity contribution < 1.29 is 9.59 Å². The molecule has 1 aromatic carbocycles. The molecule has 2 amide bonds. The van der Waals surface area contributed by atoms with Crippen LogP contribution in [0, 0.1) is 0 Å². The molecule has 0 saturated carbocycles. The lowest BCUT2D eigenvalue weighted by molar-refractivity contribution is -0.113. The molecular formula is C22H20N6O2S3. The SMILES string of the molecule is Cn1nnnc1SCC(=O)Nc1ccc(C(=O)N2CCc3sccc3[C@H]2c2cccs2)cc1. The Labute approximate surface area is 202 Å². The largest absolute Gasteiger partial charge is 0.326 e. The summed E-state index contributed by atoms with van der Waals surface area (Å²) in [5.41, 5.74) is 2.47. The first-order chi connectivity index (χ1) is 16.1. The summed E-state index contributed by atoms with van der Waals surface area (Å²) in [4.78, 5) is 30.2. The third kappa shape index (κ3) is 4.56. The fourth-order valence-electron chi connectivity index (χ4n) is 3.82. The number of carbonyl (C=O) groups excluding carboxylic acids is 2. The molecule has 0 radical (unpaired) electrons. The molecular weight excluding hydrogens is 476 g/mol. The van der Waals surface area contributed by atoms with E-state index in [4.69, 9.17) is 0 Å². The highest BCUT2D eigenvalue weighted by atomic mass is 32.2. The van der Waals surface area contributed by atoms with E-state index in [9.17, 15) is 9.59 Å². The number of nitrogens with zero attached hydrogens (tertiary/aromatic N) is 5. The zero-order valence-electron chi connectivity index (χ0n) is 17.7. The molecule has 0 spiro atoms. The van der Waals surface area contributed by atoms with Crippen LogP contribution in [0.5, 0.6) is 0 Å². The Morgan fingerprint density at radius 1 is 1.15 bits per heavy atom. The van der Waals surface area contributed by atoms with E-state index >= 15 is 0 Å². The van der Waals surface area contributed by atoms with Gasteiger partial charge in [-0.25, -0.2) is 4.68 Å². The molecule has 11 heteroatoms. The number of aromatic nitrogens is 4. The van der Waals surface area contributed by atoms with Crippen molar-refractivity contribution in [2.24, 2.45) is 7.05 Å². The van der Waals surface area contributed by atoms with Gasteiger partial charge >= 0.3 is 0 Å². The minimum atomic E-state index is -0.166. The summed E-state index contributed by atoms with van der Waals surface area (Å²) in [5, 5.41) is 18.7. The molecule has 0 fully saturated rings. The molecule has 0 saturated heterocycles. The molecule has 0 aliphatic carbocycles. The molecule has 0 unspecified atom stereocenters. The van der Waals surface area contributed by atoms with Crippen molar-refractivity contribution in [1.29, 1.82) is 0 Å². The van der Waals surface area contributed by atoms with Gasteiger partial charge in [0.1, 0.15) is 0 Å². The summed E-state index contributed by atoms with van der Waals surface area (Å²) in [5.74, 6) is 0.0167. The predicted octanol–water partition coefficient (Wildman–Crippen LogP) is 3.85. The number of aryl methyl sites for hydroxylation is 1. The molecule has 4 heterocycles. The third-order valence-corrected chi connectivity index (χ3v) is 8.30. The predicted molar refractivity (Wildman–Crippen MR) is 130 cm³/mol. The Bertz CT molecular complexity index is 1270. The summed E-state index contributed by atoms with van der Waals surface area (Å²) in [6, 6.07) is 13.3. The van der Waals surface area contributed by atoms with Crippen LogP contribution in [0.15, 0.2) is 58.4 Å². The standard InChI is InChI=1S/C22H20N6O2S3/c1-27-22(24-25-26-27)33-13-19(29)23-15-6-4-14(5-7-15)21(30)28-10-8-17-16(9-12-32-17)20(28)18-3-2-11-31-18/h2-7,9,11-12,20H,8,10,13H2,1H3,(H,23,29)/t20-/m0/s1. The smallest absolute Gasteiger partial charge is 0.254 e. The van der Waals surface area contributed by atoms with Crippen LogP contribution in [0.4, 0.5) is 5.69 Å². The van der Waals surface area contributed by atoms with E-state index in [0.717, 1.165) is 6.42 Å². The average molecular weight is 497 g/mol. The lowest BCUT2D eigenvalue weighted by atomic mass is 9.97. The van der Waals surface area contributed by atoms with Crippen molar-refractivity contribution in [1.82, 2.24) is 25.1 Å². The van der Waals surface area contributed by atoms with E-state index in [1.165, 1.54) is 31.8 Å². The van der Waals surface area contributed by atoms with Gasteiger partial charge in [0.2, 0.25) is 11.1 Å². The van der Waals surface area contributed by atoms with Gasteiger partial charge in [-0.15, -0.1) is 27.8 Å². The average Bonchev–Trinajstić information content (AvgIpc) is 3.59. The van der Waals surface area contributed by atoms with Gasteiger partial charge in [-0.05, 0) is 69.6 Å². The Balaban J connectivity index is 1.27. The number of amides is 2. The van der Waals surface area contributed by atoms with E-state index in [-0.39, 0.29) is 23.6 Å². The number of hydrogen-bond donors (Lipinski definition) is 1. The molecule has 1 aliphatic heterocycles. The van der Waals surface area contributed by atoms with E-state index in [0.29, 0.717) is 23.0 Å². The first-order valence-electron chi connectivity index (χ1n) is 10.3. The van der Waals surface area contributed by atoms with E-state index in [1.807, 2.05) is 11.0 Å². The Morgan fingerprint density at radius 3 is 2.73 bits per heavy atom. The number of benzene rings is 1. The van der Waals surface area contributed by atoms with Crippen LogP contribution in [0.2, 0.25) is 0 Å². The van der Waals surface area contributed by atoms with Crippen LogP contribution < -0.4 is 5.32 Å². The Hall–Kier alpha value is -3.02. The van der Waals surface area contributed by atoms with Crippen molar-refractivity contribution in [3.05, 3.63) is 74.1 Å². The third-order valence-electron chi connectivity index (χ3n) is 5.37. The Kier molecular flexibility index (Phi) is 6.25. The normalized spacial score (nSPS) is 15.3. The van der Waals surface area contributed by atoms with Gasteiger partial charge in [0.05, 0.1) is 11.8 Å². The van der Waals surface area contributed by atoms with Crippen LogP contribution in [0.3, 0.4) is 0 Å². The van der Waals surface area contributed by atoms with Gasteiger partial charge in [0, 0.05) is 34.6 Å². The lowest BCUT2D eigenvalue weighted by Gasteiger charge is -2.35. The van der Waals surface area contributed by atoms with Crippen molar-refractivity contribution in [2.45, 2.75) is 17.6 Å². The van der Waals surface area contributed by atoms with Gasteiger partial charge in [-0.1, -0.05) is 17.8 Å². The maximum absolute atomic E-state index is 13.5. The van der Waals surface area contributed by atoms with Crippen LogP contribution >= 0.6 is 34.4 Å². The molecule has 1 N–H and O–H groups in total. The number of fused-ring (bicyclic) bond motifs is 1. The van der Waals surface area contributed by atoms with E-state index in [1.54, 1.807) is 54.0 Å². The summed E-state index contributed by atoms with van der Waals surface area (Å²) < 4.78 is 1.52. The summed E-state index contributed by atoms with van der Waals surface area (Å²) in [6.45, 7) is 0.682. The molecule has 1 aliphatic rings. The second kappa shape index (κ2) is 9.46. The van der Waals surface area contributed by atoms with Gasteiger partial charge in [-0.3, -0.25) is 9.59 Å². The number of rotatable bonds is 6. The minimum Gasteiger partial charge on any atom is -0.326 e. The van der Waals surface area contributed by atoms with Crippen LogP contribution in [0.25, 0.3) is 0 Å². The van der Waals surface area contributed by atoms with Gasteiger partial charge in [-0.2, -0.15) is 0 Å². The van der Waals surface area contributed by atoms with Gasteiger partial charge in [0.15, 0.2) is 0 Å². The zero-order valence-corrected chi connectivity index (χ0v) is 20.1. The first-order valence-corrected chi connectivity index (χ1v) is 13.0. The highest BCUT2D eigenvalue weighted by Gasteiger charge is 2.33. The number of carbonyl (C=O) groups is 2. The molecule has 4 aromatic rings. The second-order valence-electron chi connectivity index (χ2n) is 7.46. The molecule has 8 nitrogen and oxygen atoms in total. The summed E-state index contributed by atoms with van der Waals surface area (Å²) >= 11 is 4.69. The van der Waals surface area contributed by atoms with Crippen molar-refractivity contribution >= 4 is 51.9 Å². The van der Waals surface area contributed by atoms with Crippen molar-refractivity contribution in [2.75, 3.05) is 17.6 Å². The topological polar surface area (TPSA) is 93.0 Å². The van der Waals surface area contributed by atoms with Gasteiger partial charge in [0.25, 0.3) is 5.91 Å². The summed E-state index contributed by atoms with van der Waals surface area (Å²) in [6.07, 6.45) is 0.869. The van der Waals surface area contributed by atoms with E-state index in [2.05, 4.69) is 43.7 Å². The first kappa shape index (κ1) is 21.8. The van der Waals surface area contributed by atoms with Crippen molar-refractivity contribution in [3.63, 3.8) is 0 Å². The zero-order chi connectivity index (χ0) is 22.8. The van der Waals surface area contributed by atoms with E-state index < -0.39 is 0 Å². The molecule has 5 rings (SSSR count). The minimum absolute atomic E-state index is 0.00605. The van der Waals surface area contributed by atoms with Crippen molar-refractivity contribution in [3.8, 4) is 0 Å².